The molecule has 1 aliphatic heterocycles. The fourth-order valence-electron chi connectivity index (χ4n) is 2.62. The molecule has 0 amide bonds. The van der Waals surface area contributed by atoms with Crippen LogP contribution in [0, 0.1) is 0 Å². The zero-order valence-corrected chi connectivity index (χ0v) is 11.3. The van der Waals surface area contributed by atoms with Crippen LogP contribution in [0.5, 0.6) is 0 Å². The van der Waals surface area contributed by atoms with Gasteiger partial charge in [0.25, 0.3) is 0 Å². The van der Waals surface area contributed by atoms with Crippen LogP contribution in [0.4, 0.5) is 0 Å². The van der Waals surface area contributed by atoms with Gasteiger partial charge in [-0.2, -0.15) is 0 Å². The van der Waals surface area contributed by atoms with Gasteiger partial charge in [0.15, 0.2) is 0 Å². The van der Waals surface area contributed by atoms with Crippen molar-refractivity contribution in [3.63, 3.8) is 0 Å². The highest BCUT2D eigenvalue weighted by Gasteiger charge is 2.34. The Morgan fingerprint density at radius 1 is 1.12 bits per heavy atom. The van der Waals surface area contributed by atoms with Gasteiger partial charge in [0.1, 0.15) is 0 Å². The Morgan fingerprint density at radius 3 is 2.31 bits per heavy atom. The molecule has 0 spiro atoms. The number of aliphatic hydroxyl groups is 1. The van der Waals surface area contributed by atoms with Gasteiger partial charge >= 0.3 is 0 Å². The molecule has 1 rings (SSSR count). The molecule has 1 fully saturated rings. The van der Waals surface area contributed by atoms with Gasteiger partial charge < -0.3 is 5.11 Å². The quantitative estimate of drug-likeness (QED) is 0.704. The van der Waals surface area contributed by atoms with Crippen molar-refractivity contribution in [2.45, 2.75) is 77.4 Å². The highest BCUT2D eigenvalue weighted by atomic mass is 16.3. The zero-order chi connectivity index (χ0) is 12.0. The molecule has 0 aliphatic carbocycles. The lowest BCUT2D eigenvalue weighted by Crippen LogP contribution is -2.54. The number of hydrogen-bond acceptors (Lipinski definition) is 2. The third kappa shape index (κ3) is 3.74. The van der Waals surface area contributed by atoms with E-state index in [1.165, 1.54) is 32.1 Å². The molecule has 2 heteroatoms. The van der Waals surface area contributed by atoms with E-state index in [4.69, 9.17) is 0 Å². The molecular formula is C14H29NO. The van der Waals surface area contributed by atoms with Gasteiger partial charge in [-0.05, 0) is 46.2 Å². The molecule has 0 aromatic carbocycles. The topological polar surface area (TPSA) is 23.5 Å². The van der Waals surface area contributed by atoms with E-state index >= 15 is 0 Å². The molecule has 0 aromatic heterocycles. The molecular weight excluding hydrogens is 198 g/mol. The SMILES string of the molecule is CCCCCC(O)C(C)(C)N1CCCCC1. The van der Waals surface area contributed by atoms with E-state index in [1.54, 1.807) is 0 Å². The van der Waals surface area contributed by atoms with Crippen LogP contribution < -0.4 is 0 Å². The van der Waals surface area contributed by atoms with Crippen molar-refractivity contribution in [2.75, 3.05) is 13.1 Å². The lowest BCUT2D eigenvalue weighted by atomic mass is 9.89. The number of rotatable bonds is 6. The maximum atomic E-state index is 10.3. The lowest BCUT2D eigenvalue weighted by molar-refractivity contribution is -0.0241. The summed E-state index contributed by atoms with van der Waals surface area (Å²) < 4.78 is 0. The number of hydrogen-bond donors (Lipinski definition) is 1. The minimum Gasteiger partial charge on any atom is -0.391 e. The minimum absolute atomic E-state index is 0.0336. The Kier molecular flexibility index (Phi) is 5.77. The van der Waals surface area contributed by atoms with Crippen LogP contribution in [0.2, 0.25) is 0 Å². The van der Waals surface area contributed by atoms with Crippen molar-refractivity contribution in [3.05, 3.63) is 0 Å². The van der Waals surface area contributed by atoms with E-state index < -0.39 is 0 Å². The third-order valence-corrected chi connectivity index (χ3v) is 4.07. The van der Waals surface area contributed by atoms with Crippen LogP contribution in [0.25, 0.3) is 0 Å². The van der Waals surface area contributed by atoms with Crippen LogP contribution in [-0.2, 0) is 0 Å². The summed E-state index contributed by atoms with van der Waals surface area (Å²) in [6, 6.07) is 0. The molecule has 0 aromatic rings. The van der Waals surface area contributed by atoms with Gasteiger partial charge in [-0.15, -0.1) is 0 Å². The van der Waals surface area contributed by atoms with Crippen molar-refractivity contribution in [3.8, 4) is 0 Å². The minimum atomic E-state index is -0.169. The highest BCUT2D eigenvalue weighted by Crippen LogP contribution is 2.26. The molecule has 1 heterocycles. The lowest BCUT2D eigenvalue weighted by Gasteiger charge is -2.44. The second kappa shape index (κ2) is 6.61. The first-order chi connectivity index (χ1) is 7.59. The average molecular weight is 227 g/mol. The van der Waals surface area contributed by atoms with Crippen molar-refractivity contribution in [2.24, 2.45) is 0 Å². The van der Waals surface area contributed by atoms with Crippen LogP contribution in [0.1, 0.15) is 65.7 Å². The summed E-state index contributed by atoms with van der Waals surface area (Å²) in [5, 5.41) is 10.3. The first kappa shape index (κ1) is 14.0. The average Bonchev–Trinajstić information content (AvgIpc) is 2.30. The monoisotopic (exact) mass is 227 g/mol. The van der Waals surface area contributed by atoms with Crippen LogP contribution in [-0.4, -0.2) is 34.7 Å². The second-order valence-corrected chi connectivity index (χ2v) is 5.71. The number of likely N-dealkylation sites (tertiary alicyclic amines) is 1. The number of unbranched alkanes of at least 4 members (excludes halogenated alkanes) is 2. The molecule has 1 N–H and O–H groups in total. The van der Waals surface area contributed by atoms with Crippen LogP contribution >= 0.6 is 0 Å². The van der Waals surface area contributed by atoms with E-state index in [0.29, 0.717) is 0 Å². The summed E-state index contributed by atoms with van der Waals surface area (Å²) in [5.41, 5.74) is -0.0336. The maximum absolute atomic E-state index is 10.3. The zero-order valence-electron chi connectivity index (χ0n) is 11.3. The second-order valence-electron chi connectivity index (χ2n) is 5.71. The summed E-state index contributed by atoms with van der Waals surface area (Å²) in [5.74, 6) is 0. The van der Waals surface area contributed by atoms with Gasteiger partial charge in [-0.3, -0.25) is 4.90 Å². The summed E-state index contributed by atoms with van der Waals surface area (Å²) in [7, 11) is 0. The molecule has 2 nitrogen and oxygen atoms in total. The predicted molar refractivity (Wildman–Crippen MR) is 69.7 cm³/mol. The van der Waals surface area contributed by atoms with Gasteiger partial charge in [0.05, 0.1) is 6.10 Å². The van der Waals surface area contributed by atoms with E-state index in [2.05, 4.69) is 25.7 Å². The fraction of sp³-hybridized carbons (Fsp3) is 1.00. The smallest absolute Gasteiger partial charge is 0.0718 e. The van der Waals surface area contributed by atoms with E-state index in [0.717, 1.165) is 25.9 Å². The van der Waals surface area contributed by atoms with Crippen molar-refractivity contribution in [1.29, 1.82) is 0 Å². The van der Waals surface area contributed by atoms with E-state index in [1.807, 2.05) is 0 Å². The summed E-state index contributed by atoms with van der Waals surface area (Å²) >= 11 is 0. The standard InChI is InChI=1S/C14H29NO/c1-4-5-7-10-13(16)14(2,3)15-11-8-6-9-12-15/h13,16H,4-12H2,1-3H3. The summed E-state index contributed by atoms with van der Waals surface area (Å²) in [6.45, 7) is 8.95. The number of piperidine rings is 1. The summed E-state index contributed by atoms with van der Waals surface area (Å²) in [6.07, 6.45) is 8.38. The van der Waals surface area contributed by atoms with Crippen molar-refractivity contribution < 1.29 is 5.11 Å². The summed E-state index contributed by atoms with van der Waals surface area (Å²) in [4.78, 5) is 2.48. The van der Waals surface area contributed by atoms with Gasteiger partial charge in [0.2, 0.25) is 0 Å². The highest BCUT2D eigenvalue weighted by molar-refractivity contribution is 4.89. The Balaban J connectivity index is 2.40. The Labute approximate surface area is 101 Å². The maximum Gasteiger partial charge on any atom is 0.0718 e. The largest absolute Gasteiger partial charge is 0.391 e. The molecule has 16 heavy (non-hydrogen) atoms. The number of aliphatic hydroxyl groups excluding tert-OH is 1. The molecule has 96 valence electrons. The van der Waals surface area contributed by atoms with Crippen molar-refractivity contribution >= 4 is 0 Å². The Bertz CT molecular complexity index is 185. The predicted octanol–water partition coefficient (Wildman–Crippen LogP) is 3.19. The van der Waals surface area contributed by atoms with Gasteiger partial charge in [-0.25, -0.2) is 0 Å². The van der Waals surface area contributed by atoms with E-state index in [-0.39, 0.29) is 11.6 Å². The third-order valence-electron chi connectivity index (χ3n) is 4.07. The molecule has 0 bridgehead atoms. The Hall–Kier alpha value is -0.0800. The van der Waals surface area contributed by atoms with Gasteiger partial charge in [-0.1, -0.05) is 32.6 Å². The molecule has 0 saturated carbocycles. The van der Waals surface area contributed by atoms with Crippen molar-refractivity contribution in [1.82, 2.24) is 4.90 Å². The van der Waals surface area contributed by atoms with Crippen LogP contribution in [0.3, 0.4) is 0 Å². The normalized spacial score (nSPS) is 21.0. The first-order valence-corrected chi connectivity index (χ1v) is 7.02. The first-order valence-electron chi connectivity index (χ1n) is 7.02. The molecule has 1 aliphatic rings. The molecule has 1 unspecified atom stereocenters. The molecule has 1 saturated heterocycles. The van der Waals surface area contributed by atoms with Crippen LogP contribution in [0.15, 0.2) is 0 Å². The Morgan fingerprint density at radius 2 is 1.75 bits per heavy atom. The number of nitrogens with zero attached hydrogens (tertiary/aromatic N) is 1. The molecule has 1 atom stereocenters. The van der Waals surface area contributed by atoms with E-state index in [9.17, 15) is 5.11 Å². The fourth-order valence-corrected chi connectivity index (χ4v) is 2.62. The van der Waals surface area contributed by atoms with Gasteiger partial charge in [0, 0.05) is 5.54 Å². The molecule has 0 radical (unpaired) electrons.